The first-order chi connectivity index (χ1) is 8.15. The Bertz CT molecular complexity index is 396. The predicted molar refractivity (Wildman–Crippen MR) is 70.2 cm³/mol. The molecule has 1 fully saturated rings. The van der Waals surface area contributed by atoms with Gasteiger partial charge in [0.2, 0.25) is 0 Å². The molecular formula is C13H17ClN2O. The van der Waals surface area contributed by atoms with E-state index in [1.165, 1.54) is 19.3 Å². The van der Waals surface area contributed by atoms with Crippen molar-refractivity contribution in [2.75, 3.05) is 12.3 Å². The van der Waals surface area contributed by atoms with E-state index in [4.69, 9.17) is 17.3 Å². The summed E-state index contributed by atoms with van der Waals surface area (Å²) in [4.78, 5) is 11.8. The Balaban J connectivity index is 1.85. The molecule has 1 aliphatic carbocycles. The van der Waals surface area contributed by atoms with E-state index >= 15 is 0 Å². The highest BCUT2D eigenvalue weighted by molar-refractivity contribution is 6.31. The third-order valence-corrected chi connectivity index (χ3v) is 3.46. The van der Waals surface area contributed by atoms with E-state index in [2.05, 4.69) is 5.32 Å². The van der Waals surface area contributed by atoms with E-state index in [0.717, 1.165) is 18.9 Å². The predicted octanol–water partition coefficient (Wildman–Crippen LogP) is 2.84. The summed E-state index contributed by atoms with van der Waals surface area (Å²) in [5, 5.41) is 3.39. The largest absolute Gasteiger partial charge is 0.399 e. The van der Waals surface area contributed by atoms with Crippen molar-refractivity contribution < 1.29 is 4.79 Å². The lowest BCUT2D eigenvalue weighted by Crippen LogP contribution is -2.27. The van der Waals surface area contributed by atoms with Crippen molar-refractivity contribution in [3.63, 3.8) is 0 Å². The van der Waals surface area contributed by atoms with Gasteiger partial charge in [-0.15, -0.1) is 0 Å². The first kappa shape index (κ1) is 12.2. The fourth-order valence-electron chi connectivity index (χ4n) is 2.02. The lowest BCUT2D eigenvalue weighted by molar-refractivity contribution is 0.0949. The lowest BCUT2D eigenvalue weighted by atomic mass is 9.83. The van der Waals surface area contributed by atoms with Crippen LogP contribution in [-0.4, -0.2) is 12.5 Å². The van der Waals surface area contributed by atoms with Gasteiger partial charge in [0.05, 0.1) is 0 Å². The molecule has 3 nitrogen and oxygen atoms in total. The fourth-order valence-corrected chi connectivity index (χ4v) is 2.26. The number of benzene rings is 1. The Morgan fingerprint density at radius 2 is 2.18 bits per heavy atom. The minimum Gasteiger partial charge on any atom is -0.399 e. The second kappa shape index (κ2) is 5.41. The van der Waals surface area contributed by atoms with E-state index < -0.39 is 0 Å². The van der Waals surface area contributed by atoms with Gasteiger partial charge in [-0.05, 0) is 30.5 Å². The van der Waals surface area contributed by atoms with Crippen molar-refractivity contribution in [3.8, 4) is 0 Å². The summed E-state index contributed by atoms with van der Waals surface area (Å²) < 4.78 is 0. The normalized spacial score (nSPS) is 15.4. The summed E-state index contributed by atoms with van der Waals surface area (Å²) in [6.07, 6.45) is 5.02. The van der Waals surface area contributed by atoms with Crippen LogP contribution in [0.4, 0.5) is 5.69 Å². The van der Waals surface area contributed by atoms with E-state index in [1.807, 2.05) is 0 Å². The maximum atomic E-state index is 11.8. The number of anilines is 1. The van der Waals surface area contributed by atoms with Crippen molar-refractivity contribution in [3.05, 3.63) is 28.8 Å². The van der Waals surface area contributed by atoms with Crippen LogP contribution in [0.15, 0.2) is 18.2 Å². The molecule has 0 radical (unpaired) electrons. The Kier molecular flexibility index (Phi) is 3.89. The van der Waals surface area contributed by atoms with E-state index in [0.29, 0.717) is 16.3 Å². The molecule has 17 heavy (non-hydrogen) atoms. The highest BCUT2D eigenvalue weighted by atomic mass is 35.5. The van der Waals surface area contributed by atoms with E-state index in [-0.39, 0.29) is 5.91 Å². The molecule has 3 N–H and O–H groups in total. The van der Waals surface area contributed by atoms with Crippen LogP contribution in [0.2, 0.25) is 5.02 Å². The molecule has 1 aromatic rings. The first-order valence-corrected chi connectivity index (χ1v) is 6.37. The molecule has 0 aromatic heterocycles. The average Bonchev–Trinajstić information content (AvgIpc) is 2.20. The second-order valence-corrected chi connectivity index (χ2v) is 5.05. The van der Waals surface area contributed by atoms with Gasteiger partial charge in [-0.2, -0.15) is 0 Å². The minimum absolute atomic E-state index is 0.0986. The molecule has 2 rings (SSSR count). The van der Waals surface area contributed by atoms with Crippen molar-refractivity contribution in [2.45, 2.75) is 25.7 Å². The molecule has 1 aromatic carbocycles. The molecule has 0 bridgehead atoms. The van der Waals surface area contributed by atoms with Gasteiger partial charge in [0.15, 0.2) is 0 Å². The zero-order valence-corrected chi connectivity index (χ0v) is 10.5. The maximum absolute atomic E-state index is 11.8. The number of rotatable bonds is 4. The zero-order valence-electron chi connectivity index (χ0n) is 9.71. The third kappa shape index (κ3) is 3.37. The number of carbonyl (C=O) groups excluding carboxylic acids is 1. The Labute approximate surface area is 106 Å². The molecule has 4 heteroatoms. The summed E-state index contributed by atoms with van der Waals surface area (Å²) in [7, 11) is 0. The lowest BCUT2D eigenvalue weighted by Gasteiger charge is -2.25. The molecule has 0 aliphatic heterocycles. The standard InChI is InChI=1S/C13H17ClN2O/c14-11-6-10(7-12(15)8-11)13(17)16-5-4-9-2-1-3-9/h6-9H,1-5,15H2,(H,16,17). The number of carbonyl (C=O) groups is 1. The van der Waals surface area contributed by atoms with Crippen LogP contribution < -0.4 is 11.1 Å². The van der Waals surface area contributed by atoms with E-state index in [1.54, 1.807) is 18.2 Å². The fraction of sp³-hybridized carbons (Fsp3) is 0.462. The third-order valence-electron chi connectivity index (χ3n) is 3.25. The zero-order chi connectivity index (χ0) is 12.3. The number of amides is 1. The quantitative estimate of drug-likeness (QED) is 0.810. The highest BCUT2D eigenvalue weighted by Gasteiger charge is 2.17. The summed E-state index contributed by atoms with van der Waals surface area (Å²) in [6, 6.07) is 4.91. The topological polar surface area (TPSA) is 55.1 Å². The number of nitrogens with two attached hydrogens (primary N) is 1. The van der Waals surface area contributed by atoms with Crippen molar-refractivity contribution in [1.29, 1.82) is 0 Å². The monoisotopic (exact) mass is 252 g/mol. The van der Waals surface area contributed by atoms with Crippen molar-refractivity contribution in [1.82, 2.24) is 5.32 Å². The molecule has 0 unspecified atom stereocenters. The number of nitrogens with one attached hydrogen (secondary N) is 1. The number of halogens is 1. The molecule has 1 saturated carbocycles. The van der Waals surface area contributed by atoms with Crippen LogP contribution >= 0.6 is 11.6 Å². The molecular weight excluding hydrogens is 236 g/mol. The van der Waals surface area contributed by atoms with Crippen LogP contribution in [0, 0.1) is 5.92 Å². The maximum Gasteiger partial charge on any atom is 0.251 e. The SMILES string of the molecule is Nc1cc(Cl)cc(C(=O)NCCC2CCC2)c1. The molecule has 1 amide bonds. The van der Waals surface area contributed by atoms with Gasteiger partial charge in [-0.25, -0.2) is 0 Å². The molecule has 0 spiro atoms. The molecule has 0 atom stereocenters. The van der Waals surface area contributed by atoms with Gasteiger partial charge in [-0.1, -0.05) is 30.9 Å². The Morgan fingerprint density at radius 1 is 1.41 bits per heavy atom. The van der Waals surface area contributed by atoms with Gasteiger partial charge >= 0.3 is 0 Å². The second-order valence-electron chi connectivity index (χ2n) is 4.61. The average molecular weight is 253 g/mol. The number of hydrogen-bond donors (Lipinski definition) is 2. The Hall–Kier alpha value is -1.22. The minimum atomic E-state index is -0.0986. The van der Waals surface area contributed by atoms with Gasteiger partial charge in [0.1, 0.15) is 0 Å². The summed E-state index contributed by atoms with van der Waals surface area (Å²) in [5.41, 5.74) is 6.69. The summed E-state index contributed by atoms with van der Waals surface area (Å²) in [6.45, 7) is 0.732. The van der Waals surface area contributed by atoms with Gasteiger partial charge in [0.25, 0.3) is 5.91 Å². The highest BCUT2D eigenvalue weighted by Crippen LogP contribution is 2.28. The molecule has 0 saturated heterocycles. The van der Waals surface area contributed by atoms with Gasteiger partial charge in [-0.3, -0.25) is 4.79 Å². The molecule has 92 valence electrons. The summed E-state index contributed by atoms with van der Waals surface area (Å²) >= 11 is 5.85. The van der Waals surface area contributed by atoms with Crippen LogP contribution in [0.1, 0.15) is 36.0 Å². The van der Waals surface area contributed by atoms with Crippen LogP contribution in [-0.2, 0) is 0 Å². The van der Waals surface area contributed by atoms with E-state index in [9.17, 15) is 4.79 Å². The Morgan fingerprint density at radius 3 is 2.76 bits per heavy atom. The van der Waals surface area contributed by atoms with Crippen LogP contribution in [0.5, 0.6) is 0 Å². The number of nitrogen functional groups attached to an aromatic ring is 1. The van der Waals surface area contributed by atoms with Crippen molar-refractivity contribution in [2.24, 2.45) is 5.92 Å². The van der Waals surface area contributed by atoms with Crippen molar-refractivity contribution >= 4 is 23.2 Å². The molecule has 1 aliphatic rings. The smallest absolute Gasteiger partial charge is 0.251 e. The summed E-state index contributed by atoms with van der Waals surface area (Å²) in [5.74, 6) is 0.707. The number of hydrogen-bond acceptors (Lipinski definition) is 2. The van der Waals surface area contributed by atoms with Gasteiger partial charge in [0, 0.05) is 22.8 Å². The molecule has 0 heterocycles. The van der Waals surface area contributed by atoms with Gasteiger partial charge < -0.3 is 11.1 Å². The van der Waals surface area contributed by atoms with Crippen LogP contribution in [0.3, 0.4) is 0 Å². The van der Waals surface area contributed by atoms with Crippen LogP contribution in [0.25, 0.3) is 0 Å². The first-order valence-electron chi connectivity index (χ1n) is 5.99.